The molecule has 0 fully saturated rings. The van der Waals surface area contributed by atoms with Gasteiger partial charge in [-0.25, -0.2) is 4.79 Å². The van der Waals surface area contributed by atoms with Gasteiger partial charge in [-0.1, -0.05) is 23.7 Å². The van der Waals surface area contributed by atoms with Crippen LogP contribution in [0, 0.1) is 0 Å². The van der Waals surface area contributed by atoms with Gasteiger partial charge in [-0.15, -0.1) is 13.2 Å². The molecule has 4 aromatic rings. The van der Waals surface area contributed by atoms with Gasteiger partial charge in [0.05, 0.1) is 19.7 Å². The molecule has 14 heteroatoms. The Balaban J connectivity index is 1.58. The van der Waals surface area contributed by atoms with E-state index in [1.165, 1.54) is 28.3 Å². The van der Waals surface area contributed by atoms with Gasteiger partial charge in [-0.2, -0.15) is 4.98 Å². The quantitative estimate of drug-likeness (QED) is 0.300. The maximum absolute atomic E-state index is 13.2. The second kappa shape index (κ2) is 11.2. The van der Waals surface area contributed by atoms with Crippen LogP contribution in [0.1, 0.15) is 5.56 Å². The van der Waals surface area contributed by atoms with Crippen molar-refractivity contribution in [2.75, 3.05) is 19.8 Å². The lowest BCUT2D eigenvalue weighted by atomic mass is 10.2. The summed E-state index contributed by atoms with van der Waals surface area (Å²) in [6.07, 6.45) is -4.79. The molecule has 0 aliphatic carbocycles. The summed E-state index contributed by atoms with van der Waals surface area (Å²) in [7, 11) is 1.46. The number of aliphatic hydroxyl groups is 1. The zero-order valence-corrected chi connectivity index (χ0v) is 20.7. The molecular weight excluding hydrogens is 533 g/mol. The number of aryl methyl sites for hydroxylation is 1. The second-order valence-corrected chi connectivity index (χ2v) is 8.45. The standard InChI is InChI=1S/C24H22ClF3N4O6/c1-30-20-19(21(34)31(10-11-33)23(30)35)32(14-15-2-4-16(25)5-3-15)22(29-20)37-13-12-36-17-6-8-18(9-7-17)38-24(26,27)28/h2-9,33H,10-14H2,1H3. The number of hydrogen-bond donors (Lipinski definition) is 1. The van der Waals surface area contributed by atoms with Crippen molar-refractivity contribution in [1.82, 2.24) is 18.7 Å². The highest BCUT2D eigenvalue weighted by Crippen LogP contribution is 2.25. The van der Waals surface area contributed by atoms with E-state index in [-0.39, 0.29) is 55.0 Å². The van der Waals surface area contributed by atoms with Crippen molar-refractivity contribution in [1.29, 1.82) is 0 Å². The summed E-state index contributed by atoms with van der Waals surface area (Å²) in [5.74, 6) is -0.0958. The zero-order valence-electron chi connectivity index (χ0n) is 19.9. The van der Waals surface area contributed by atoms with Gasteiger partial charge in [0.25, 0.3) is 11.6 Å². The minimum absolute atomic E-state index is 0.00268. The first-order valence-corrected chi connectivity index (χ1v) is 11.6. The fourth-order valence-corrected chi connectivity index (χ4v) is 3.83. The number of imidazole rings is 1. The van der Waals surface area contributed by atoms with Crippen LogP contribution in [-0.2, 0) is 20.1 Å². The summed E-state index contributed by atoms with van der Waals surface area (Å²) in [6, 6.07) is 11.8. The third-order valence-corrected chi connectivity index (χ3v) is 5.67. The molecule has 0 unspecified atom stereocenters. The monoisotopic (exact) mass is 554 g/mol. The highest BCUT2D eigenvalue weighted by molar-refractivity contribution is 6.30. The van der Waals surface area contributed by atoms with Crippen LogP contribution in [0.2, 0.25) is 5.02 Å². The molecule has 38 heavy (non-hydrogen) atoms. The minimum atomic E-state index is -4.79. The molecule has 0 spiro atoms. The maximum atomic E-state index is 13.2. The highest BCUT2D eigenvalue weighted by atomic mass is 35.5. The Hall–Kier alpha value is -3.97. The Kier molecular flexibility index (Phi) is 7.97. The average Bonchev–Trinajstić information content (AvgIpc) is 3.23. The number of hydrogen-bond acceptors (Lipinski definition) is 7. The largest absolute Gasteiger partial charge is 0.573 e. The SMILES string of the molecule is Cn1c(=O)n(CCO)c(=O)c2c1nc(OCCOc1ccc(OC(F)(F)F)cc1)n2Cc1ccc(Cl)cc1. The van der Waals surface area contributed by atoms with Crippen molar-refractivity contribution in [2.45, 2.75) is 19.5 Å². The van der Waals surface area contributed by atoms with Gasteiger partial charge in [0.1, 0.15) is 24.7 Å². The number of nitrogens with zero attached hydrogens (tertiary/aromatic N) is 4. The van der Waals surface area contributed by atoms with E-state index in [4.69, 9.17) is 21.1 Å². The minimum Gasteiger partial charge on any atom is -0.490 e. The molecule has 0 atom stereocenters. The number of benzene rings is 2. The number of aliphatic hydroxyl groups excluding tert-OH is 1. The van der Waals surface area contributed by atoms with Crippen LogP contribution in [0.3, 0.4) is 0 Å². The van der Waals surface area contributed by atoms with Crippen molar-refractivity contribution in [2.24, 2.45) is 7.05 Å². The fraction of sp³-hybridized carbons (Fsp3) is 0.292. The van der Waals surface area contributed by atoms with E-state index in [9.17, 15) is 27.9 Å². The molecule has 0 radical (unpaired) electrons. The molecule has 2 aromatic heterocycles. The van der Waals surface area contributed by atoms with Crippen LogP contribution in [0.25, 0.3) is 11.2 Å². The Morgan fingerprint density at radius 1 is 0.947 bits per heavy atom. The van der Waals surface area contributed by atoms with Crippen molar-refractivity contribution in [3.05, 3.63) is 80.0 Å². The Bertz CT molecular complexity index is 1530. The first-order chi connectivity index (χ1) is 18.1. The molecule has 0 saturated heterocycles. The van der Waals surface area contributed by atoms with Crippen molar-refractivity contribution in [3.8, 4) is 17.5 Å². The molecule has 202 valence electrons. The van der Waals surface area contributed by atoms with E-state index >= 15 is 0 Å². The fourth-order valence-electron chi connectivity index (χ4n) is 3.71. The maximum Gasteiger partial charge on any atom is 0.573 e. The summed E-state index contributed by atoms with van der Waals surface area (Å²) in [6.45, 7) is -0.474. The molecule has 2 aromatic carbocycles. The molecule has 1 N–H and O–H groups in total. The van der Waals surface area contributed by atoms with Gasteiger partial charge in [-0.05, 0) is 42.0 Å². The summed E-state index contributed by atoms with van der Waals surface area (Å²) in [4.78, 5) is 30.2. The lowest BCUT2D eigenvalue weighted by molar-refractivity contribution is -0.274. The van der Waals surface area contributed by atoms with Crippen LogP contribution in [-0.4, -0.2) is 50.0 Å². The topological polar surface area (TPSA) is 110 Å². The van der Waals surface area contributed by atoms with E-state index in [0.717, 1.165) is 22.3 Å². The molecule has 10 nitrogen and oxygen atoms in total. The predicted octanol–water partition coefficient (Wildman–Crippen LogP) is 2.95. The van der Waals surface area contributed by atoms with Gasteiger partial charge >= 0.3 is 12.1 Å². The van der Waals surface area contributed by atoms with Crippen molar-refractivity contribution >= 4 is 22.8 Å². The molecule has 0 saturated carbocycles. The molecule has 0 bridgehead atoms. The first-order valence-electron chi connectivity index (χ1n) is 11.2. The van der Waals surface area contributed by atoms with Gasteiger partial charge in [0.15, 0.2) is 11.2 Å². The Morgan fingerprint density at radius 3 is 2.21 bits per heavy atom. The van der Waals surface area contributed by atoms with Crippen molar-refractivity contribution in [3.63, 3.8) is 0 Å². The zero-order chi connectivity index (χ0) is 27.4. The Morgan fingerprint density at radius 2 is 1.58 bits per heavy atom. The number of rotatable bonds is 10. The molecular formula is C24H22ClF3N4O6. The number of aromatic nitrogens is 4. The van der Waals surface area contributed by atoms with Crippen LogP contribution in [0.4, 0.5) is 13.2 Å². The predicted molar refractivity (Wildman–Crippen MR) is 131 cm³/mol. The van der Waals surface area contributed by atoms with Gasteiger partial charge in [-0.3, -0.25) is 18.5 Å². The Labute approximate surface area is 218 Å². The molecule has 0 aliphatic heterocycles. The molecule has 2 heterocycles. The third-order valence-electron chi connectivity index (χ3n) is 5.42. The average molecular weight is 555 g/mol. The summed E-state index contributed by atoms with van der Waals surface area (Å²) in [5.41, 5.74) is -0.296. The number of ether oxygens (including phenoxy) is 3. The van der Waals surface area contributed by atoms with E-state index in [0.29, 0.717) is 5.02 Å². The van der Waals surface area contributed by atoms with E-state index in [1.54, 1.807) is 24.3 Å². The van der Waals surface area contributed by atoms with E-state index in [2.05, 4.69) is 9.72 Å². The van der Waals surface area contributed by atoms with Crippen LogP contribution < -0.4 is 25.5 Å². The van der Waals surface area contributed by atoms with E-state index in [1.807, 2.05) is 0 Å². The summed E-state index contributed by atoms with van der Waals surface area (Å²) < 4.78 is 55.7. The van der Waals surface area contributed by atoms with Gasteiger partial charge in [0.2, 0.25) is 0 Å². The van der Waals surface area contributed by atoms with Crippen LogP contribution in [0.15, 0.2) is 58.1 Å². The van der Waals surface area contributed by atoms with E-state index < -0.39 is 24.2 Å². The lowest BCUT2D eigenvalue weighted by Gasteiger charge is -2.12. The molecule has 0 aliphatic rings. The highest BCUT2D eigenvalue weighted by Gasteiger charge is 2.31. The summed E-state index contributed by atoms with van der Waals surface area (Å²) in [5, 5.41) is 9.86. The number of alkyl halides is 3. The third kappa shape index (κ3) is 6.11. The van der Waals surface area contributed by atoms with Crippen molar-refractivity contribution < 1.29 is 32.5 Å². The second-order valence-electron chi connectivity index (χ2n) is 8.02. The van der Waals surface area contributed by atoms with Gasteiger partial charge < -0.3 is 19.3 Å². The lowest BCUT2D eigenvalue weighted by Crippen LogP contribution is -2.40. The normalized spacial score (nSPS) is 11.6. The molecule has 0 amide bonds. The first kappa shape index (κ1) is 27.1. The molecule has 4 rings (SSSR count). The number of fused-ring (bicyclic) bond motifs is 1. The van der Waals surface area contributed by atoms with Crippen LogP contribution >= 0.6 is 11.6 Å². The van der Waals surface area contributed by atoms with Crippen LogP contribution in [0.5, 0.6) is 17.5 Å². The van der Waals surface area contributed by atoms with Gasteiger partial charge in [0, 0.05) is 12.1 Å². The summed E-state index contributed by atoms with van der Waals surface area (Å²) >= 11 is 5.98. The smallest absolute Gasteiger partial charge is 0.490 e. The number of halogens is 4.